The van der Waals surface area contributed by atoms with Gasteiger partial charge in [0.05, 0.1) is 13.1 Å². The fourth-order valence-corrected chi connectivity index (χ4v) is 1.04. The lowest BCUT2D eigenvalue weighted by Crippen LogP contribution is -2.07. The van der Waals surface area contributed by atoms with Gasteiger partial charge in [-0.3, -0.25) is 0 Å². The molecule has 0 saturated heterocycles. The first-order valence-corrected chi connectivity index (χ1v) is 4.05. The topological polar surface area (TPSA) is 71.5 Å². The summed E-state index contributed by atoms with van der Waals surface area (Å²) >= 11 is 0. The van der Waals surface area contributed by atoms with Crippen molar-refractivity contribution in [1.29, 1.82) is 0 Å². The molecule has 0 saturated carbocycles. The molecule has 0 aliphatic rings. The average molecular weight is 176 g/mol. The van der Waals surface area contributed by atoms with Gasteiger partial charge in [0.15, 0.2) is 0 Å². The molecule has 1 radical (unpaired) electrons. The van der Waals surface area contributed by atoms with Crippen molar-refractivity contribution in [2.75, 3.05) is 0 Å². The molecule has 0 spiro atoms. The summed E-state index contributed by atoms with van der Waals surface area (Å²) in [5.41, 5.74) is 0. The third kappa shape index (κ3) is 2.16. The average Bonchev–Trinajstić information content (AvgIpc) is 2.75. The van der Waals surface area contributed by atoms with Crippen LogP contribution in [0, 0.1) is 0 Å². The van der Waals surface area contributed by atoms with E-state index in [9.17, 15) is 0 Å². The summed E-state index contributed by atoms with van der Waals surface area (Å²) in [7, 11) is 0. The Hall–Kier alpha value is -1.62. The number of aromatic nitrogens is 4. The summed E-state index contributed by atoms with van der Waals surface area (Å²) in [5, 5.41) is 4.27. The predicted octanol–water partition coefficient (Wildman–Crippen LogP) is 0.437. The molecular formula is C8H10N5. The molecule has 2 aromatic heterocycles. The first kappa shape index (κ1) is 8.00. The number of aromatic amines is 2. The summed E-state index contributed by atoms with van der Waals surface area (Å²) in [5.74, 6) is 1.76. The quantitative estimate of drug-likeness (QED) is 0.709. The van der Waals surface area contributed by atoms with Gasteiger partial charge in [0.1, 0.15) is 11.6 Å². The molecule has 0 aromatic carbocycles. The van der Waals surface area contributed by atoms with Gasteiger partial charge in [0, 0.05) is 24.8 Å². The molecule has 2 rings (SSSR count). The summed E-state index contributed by atoms with van der Waals surface area (Å²) < 4.78 is 0. The van der Waals surface area contributed by atoms with Crippen LogP contribution in [0.15, 0.2) is 24.8 Å². The van der Waals surface area contributed by atoms with E-state index in [0.29, 0.717) is 13.1 Å². The van der Waals surface area contributed by atoms with Gasteiger partial charge in [-0.1, -0.05) is 0 Å². The highest BCUT2D eigenvalue weighted by Gasteiger charge is 1.97. The summed E-state index contributed by atoms with van der Waals surface area (Å²) in [6.07, 6.45) is 7.02. The van der Waals surface area contributed by atoms with Crippen molar-refractivity contribution in [1.82, 2.24) is 25.3 Å². The number of nitrogens with one attached hydrogen (secondary N) is 2. The second-order valence-corrected chi connectivity index (χ2v) is 2.61. The number of hydrogen-bond donors (Lipinski definition) is 2. The molecule has 0 amide bonds. The van der Waals surface area contributed by atoms with Gasteiger partial charge in [-0.05, 0) is 0 Å². The fourth-order valence-electron chi connectivity index (χ4n) is 1.04. The van der Waals surface area contributed by atoms with Gasteiger partial charge in [-0.15, -0.1) is 0 Å². The van der Waals surface area contributed by atoms with Crippen LogP contribution < -0.4 is 5.32 Å². The molecule has 67 valence electrons. The van der Waals surface area contributed by atoms with E-state index in [0.717, 1.165) is 11.6 Å². The molecule has 5 heteroatoms. The van der Waals surface area contributed by atoms with Gasteiger partial charge in [-0.2, -0.15) is 0 Å². The minimum absolute atomic E-state index is 0.605. The highest BCUT2D eigenvalue weighted by atomic mass is 15.0. The second kappa shape index (κ2) is 3.86. The molecule has 0 aliphatic heterocycles. The number of imidazole rings is 2. The fraction of sp³-hybridized carbons (Fsp3) is 0.250. The Bertz CT molecular complexity index is 289. The summed E-state index contributed by atoms with van der Waals surface area (Å²) in [6, 6.07) is 0. The van der Waals surface area contributed by atoms with Gasteiger partial charge in [-0.25, -0.2) is 15.3 Å². The molecule has 0 bridgehead atoms. The van der Waals surface area contributed by atoms with Crippen molar-refractivity contribution in [3.63, 3.8) is 0 Å². The van der Waals surface area contributed by atoms with Crippen LogP contribution in [0.3, 0.4) is 0 Å². The van der Waals surface area contributed by atoms with Gasteiger partial charge in [0.2, 0.25) is 0 Å². The van der Waals surface area contributed by atoms with Crippen LogP contribution in [0.2, 0.25) is 0 Å². The molecule has 13 heavy (non-hydrogen) atoms. The van der Waals surface area contributed by atoms with Gasteiger partial charge in [0.25, 0.3) is 0 Å². The Morgan fingerprint density at radius 1 is 1.00 bits per heavy atom. The zero-order valence-corrected chi connectivity index (χ0v) is 7.07. The van der Waals surface area contributed by atoms with Crippen LogP contribution in [0.5, 0.6) is 0 Å². The van der Waals surface area contributed by atoms with E-state index in [4.69, 9.17) is 0 Å². The highest BCUT2D eigenvalue weighted by molar-refractivity contribution is 4.89. The minimum Gasteiger partial charge on any atom is -0.347 e. The van der Waals surface area contributed by atoms with Crippen molar-refractivity contribution < 1.29 is 0 Å². The lowest BCUT2D eigenvalue weighted by molar-refractivity contribution is 0.634. The Balaban J connectivity index is 1.76. The van der Waals surface area contributed by atoms with Crippen LogP contribution in [-0.4, -0.2) is 19.9 Å². The number of rotatable bonds is 4. The SMILES string of the molecule is c1c[nH]c(C[N]Cc2ncc[nH]2)n1. The van der Waals surface area contributed by atoms with Crippen molar-refractivity contribution in [2.24, 2.45) is 0 Å². The van der Waals surface area contributed by atoms with Gasteiger partial charge >= 0.3 is 0 Å². The van der Waals surface area contributed by atoms with E-state index in [1.165, 1.54) is 0 Å². The molecule has 2 aromatic rings. The molecule has 2 N–H and O–H groups in total. The number of H-pyrrole nitrogens is 2. The standard InChI is InChI=1S/C8H10N5/c1-2-11-7(10-1)5-9-6-8-12-3-4-13-8/h1-4H,5-6H2,(H,10,11)(H,12,13). The largest absolute Gasteiger partial charge is 0.347 e. The first-order chi connectivity index (χ1) is 6.45. The van der Waals surface area contributed by atoms with E-state index >= 15 is 0 Å². The molecule has 0 unspecified atom stereocenters. The van der Waals surface area contributed by atoms with Crippen molar-refractivity contribution >= 4 is 0 Å². The van der Waals surface area contributed by atoms with Crippen molar-refractivity contribution in [3.8, 4) is 0 Å². The smallest absolute Gasteiger partial charge is 0.121 e. The van der Waals surface area contributed by atoms with E-state index in [1.54, 1.807) is 24.8 Å². The van der Waals surface area contributed by atoms with Crippen molar-refractivity contribution in [3.05, 3.63) is 36.4 Å². The monoisotopic (exact) mass is 176 g/mol. The maximum Gasteiger partial charge on any atom is 0.121 e. The summed E-state index contributed by atoms with van der Waals surface area (Å²) in [6.45, 7) is 1.21. The van der Waals surface area contributed by atoms with Gasteiger partial charge < -0.3 is 9.97 Å². The Labute approximate surface area is 75.6 Å². The molecule has 0 aliphatic carbocycles. The summed E-state index contributed by atoms with van der Waals surface area (Å²) in [4.78, 5) is 14.1. The van der Waals surface area contributed by atoms with Crippen LogP contribution in [0.4, 0.5) is 0 Å². The van der Waals surface area contributed by atoms with Crippen LogP contribution >= 0.6 is 0 Å². The molecule has 0 fully saturated rings. The molecule has 0 atom stereocenters. The normalized spacial score (nSPS) is 10.5. The highest BCUT2D eigenvalue weighted by Crippen LogP contribution is 1.92. The third-order valence-corrected chi connectivity index (χ3v) is 1.63. The van der Waals surface area contributed by atoms with E-state index < -0.39 is 0 Å². The maximum atomic E-state index is 4.27. The third-order valence-electron chi connectivity index (χ3n) is 1.63. The molecular weight excluding hydrogens is 166 g/mol. The maximum absolute atomic E-state index is 4.27. The lowest BCUT2D eigenvalue weighted by Gasteiger charge is -1.96. The Morgan fingerprint density at radius 2 is 1.54 bits per heavy atom. The van der Waals surface area contributed by atoms with Crippen LogP contribution in [0.25, 0.3) is 0 Å². The number of hydrogen-bond acceptors (Lipinski definition) is 2. The molecule has 2 heterocycles. The zero-order chi connectivity index (χ0) is 8.93. The minimum atomic E-state index is 0.605. The Morgan fingerprint density at radius 3 is 1.92 bits per heavy atom. The first-order valence-electron chi connectivity index (χ1n) is 4.05. The van der Waals surface area contributed by atoms with E-state index in [2.05, 4.69) is 25.3 Å². The van der Waals surface area contributed by atoms with E-state index in [1.807, 2.05) is 0 Å². The molecule has 5 nitrogen and oxygen atoms in total. The van der Waals surface area contributed by atoms with Crippen LogP contribution in [-0.2, 0) is 13.1 Å². The Kier molecular flexibility index (Phi) is 2.38. The predicted molar refractivity (Wildman–Crippen MR) is 46.7 cm³/mol. The van der Waals surface area contributed by atoms with Crippen LogP contribution in [0.1, 0.15) is 11.6 Å². The number of nitrogens with zero attached hydrogens (tertiary/aromatic N) is 3. The van der Waals surface area contributed by atoms with E-state index in [-0.39, 0.29) is 0 Å². The second-order valence-electron chi connectivity index (χ2n) is 2.61. The zero-order valence-electron chi connectivity index (χ0n) is 7.07. The van der Waals surface area contributed by atoms with Crippen molar-refractivity contribution in [2.45, 2.75) is 13.1 Å². The lowest BCUT2D eigenvalue weighted by atomic mass is 10.5.